The van der Waals surface area contributed by atoms with Crippen LogP contribution in [0.2, 0.25) is 0 Å². The molecule has 1 aromatic rings. The van der Waals surface area contributed by atoms with Crippen LogP contribution in [0.25, 0.3) is 0 Å². The SMILES string of the molecule is Cc1ncsc1C(=O)NC1CC(O)C1. The molecular formula is C9H12N2O2S. The van der Waals surface area contributed by atoms with Crippen molar-refractivity contribution in [3.05, 3.63) is 16.1 Å². The van der Waals surface area contributed by atoms with Crippen LogP contribution in [0.4, 0.5) is 0 Å². The Labute approximate surface area is 86.0 Å². The topological polar surface area (TPSA) is 62.2 Å². The zero-order chi connectivity index (χ0) is 10.1. The first kappa shape index (κ1) is 9.61. The molecule has 1 fully saturated rings. The predicted molar refractivity (Wildman–Crippen MR) is 53.3 cm³/mol. The number of hydrogen-bond donors (Lipinski definition) is 2. The molecule has 0 aliphatic heterocycles. The number of hydrogen-bond acceptors (Lipinski definition) is 4. The predicted octanol–water partition coefficient (Wildman–Crippen LogP) is 0.705. The van der Waals surface area contributed by atoms with E-state index in [1.54, 1.807) is 5.51 Å². The van der Waals surface area contributed by atoms with Crippen molar-refractivity contribution in [1.29, 1.82) is 0 Å². The molecule has 2 rings (SSSR count). The van der Waals surface area contributed by atoms with Gasteiger partial charge in [-0.25, -0.2) is 4.98 Å². The second-order valence-electron chi connectivity index (χ2n) is 3.56. The second kappa shape index (κ2) is 3.67. The van der Waals surface area contributed by atoms with Gasteiger partial charge in [0.05, 0.1) is 17.3 Å². The van der Waals surface area contributed by atoms with Crippen LogP contribution >= 0.6 is 11.3 Å². The van der Waals surface area contributed by atoms with E-state index in [1.165, 1.54) is 11.3 Å². The average Bonchev–Trinajstić information content (AvgIpc) is 2.48. The van der Waals surface area contributed by atoms with E-state index in [9.17, 15) is 4.79 Å². The first-order valence-corrected chi connectivity index (χ1v) is 5.44. The van der Waals surface area contributed by atoms with Crippen molar-refractivity contribution in [2.75, 3.05) is 0 Å². The lowest BCUT2D eigenvalue weighted by molar-refractivity contribution is 0.0564. The molecule has 0 atom stereocenters. The van der Waals surface area contributed by atoms with Crippen molar-refractivity contribution in [1.82, 2.24) is 10.3 Å². The van der Waals surface area contributed by atoms with Crippen LogP contribution in [0, 0.1) is 6.92 Å². The van der Waals surface area contributed by atoms with Crippen LogP contribution in [0.1, 0.15) is 28.2 Å². The van der Waals surface area contributed by atoms with Gasteiger partial charge in [0.1, 0.15) is 4.88 Å². The number of thiazole rings is 1. The summed E-state index contributed by atoms with van der Waals surface area (Å²) in [5.74, 6) is -0.0677. The van der Waals surface area contributed by atoms with Crippen molar-refractivity contribution in [2.45, 2.75) is 31.9 Å². The lowest BCUT2D eigenvalue weighted by Gasteiger charge is -2.31. The summed E-state index contributed by atoms with van der Waals surface area (Å²) in [5.41, 5.74) is 2.44. The summed E-state index contributed by atoms with van der Waals surface area (Å²) in [6, 6.07) is 0.138. The molecule has 0 radical (unpaired) electrons. The van der Waals surface area contributed by atoms with Gasteiger partial charge in [-0.15, -0.1) is 11.3 Å². The van der Waals surface area contributed by atoms with E-state index in [1.807, 2.05) is 6.92 Å². The molecule has 0 spiro atoms. The molecule has 0 bridgehead atoms. The molecule has 1 heterocycles. The number of aromatic nitrogens is 1. The average molecular weight is 212 g/mol. The van der Waals surface area contributed by atoms with Crippen molar-refractivity contribution < 1.29 is 9.90 Å². The highest BCUT2D eigenvalue weighted by Gasteiger charge is 2.29. The van der Waals surface area contributed by atoms with Gasteiger partial charge >= 0.3 is 0 Å². The third kappa shape index (κ3) is 1.78. The van der Waals surface area contributed by atoms with Crippen LogP contribution in [0.5, 0.6) is 0 Å². The zero-order valence-corrected chi connectivity index (χ0v) is 8.67. The van der Waals surface area contributed by atoms with Crippen molar-refractivity contribution in [2.24, 2.45) is 0 Å². The van der Waals surface area contributed by atoms with Gasteiger partial charge in [0.2, 0.25) is 0 Å². The Balaban J connectivity index is 1.93. The highest BCUT2D eigenvalue weighted by Crippen LogP contribution is 2.20. The number of carbonyl (C=O) groups excluding carboxylic acids is 1. The van der Waals surface area contributed by atoms with Crippen LogP contribution in [0.15, 0.2) is 5.51 Å². The molecule has 1 aliphatic carbocycles. The van der Waals surface area contributed by atoms with Crippen molar-refractivity contribution >= 4 is 17.2 Å². The molecule has 76 valence electrons. The number of aliphatic hydroxyl groups excluding tert-OH is 1. The Hall–Kier alpha value is -0.940. The minimum Gasteiger partial charge on any atom is -0.393 e. The molecule has 5 heteroatoms. The normalized spacial score (nSPS) is 25.6. The number of aliphatic hydroxyl groups is 1. The lowest BCUT2D eigenvalue weighted by atomic mass is 9.89. The summed E-state index contributed by atoms with van der Waals surface area (Å²) >= 11 is 1.35. The molecule has 1 saturated carbocycles. The van der Waals surface area contributed by atoms with Crippen molar-refractivity contribution in [3.8, 4) is 0 Å². The van der Waals surface area contributed by atoms with Gasteiger partial charge in [-0.2, -0.15) is 0 Å². The van der Waals surface area contributed by atoms with Gasteiger partial charge in [0, 0.05) is 6.04 Å². The van der Waals surface area contributed by atoms with E-state index in [0.29, 0.717) is 17.7 Å². The fourth-order valence-electron chi connectivity index (χ4n) is 1.48. The van der Waals surface area contributed by atoms with Crippen LogP contribution in [-0.4, -0.2) is 28.1 Å². The molecule has 0 saturated heterocycles. The van der Waals surface area contributed by atoms with Crippen LogP contribution in [-0.2, 0) is 0 Å². The molecule has 4 nitrogen and oxygen atoms in total. The van der Waals surface area contributed by atoms with E-state index < -0.39 is 0 Å². The Morgan fingerprint density at radius 1 is 1.71 bits per heavy atom. The smallest absolute Gasteiger partial charge is 0.263 e. The summed E-state index contributed by atoms with van der Waals surface area (Å²) in [7, 11) is 0. The zero-order valence-electron chi connectivity index (χ0n) is 7.86. The van der Waals surface area contributed by atoms with Gasteiger partial charge in [0.15, 0.2) is 0 Å². The van der Waals surface area contributed by atoms with Crippen LogP contribution < -0.4 is 5.32 Å². The first-order chi connectivity index (χ1) is 6.66. The van der Waals surface area contributed by atoms with E-state index in [4.69, 9.17) is 5.11 Å². The largest absolute Gasteiger partial charge is 0.393 e. The summed E-state index contributed by atoms with van der Waals surface area (Å²) in [6.07, 6.45) is 1.11. The number of amides is 1. The highest BCUT2D eigenvalue weighted by atomic mass is 32.1. The third-order valence-corrected chi connectivity index (χ3v) is 3.33. The Morgan fingerprint density at radius 3 is 2.93 bits per heavy atom. The van der Waals surface area contributed by atoms with E-state index in [0.717, 1.165) is 5.69 Å². The standard InChI is InChI=1S/C9H12N2O2S/c1-5-8(14-4-10-5)9(13)11-6-2-7(12)3-6/h4,6-7,12H,2-3H2,1H3,(H,11,13). The number of rotatable bonds is 2. The molecule has 1 amide bonds. The molecule has 0 unspecified atom stereocenters. The van der Waals surface area contributed by atoms with E-state index in [-0.39, 0.29) is 18.1 Å². The van der Waals surface area contributed by atoms with Gasteiger partial charge < -0.3 is 10.4 Å². The van der Waals surface area contributed by atoms with Gasteiger partial charge in [-0.3, -0.25) is 4.79 Å². The Kier molecular flexibility index (Phi) is 2.52. The van der Waals surface area contributed by atoms with Crippen molar-refractivity contribution in [3.63, 3.8) is 0 Å². The first-order valence-electron chi connectivity index (χ1n) is 4.56. The maximum Gasteiger partial charge on any atom is 0.263 e. The number of nitrogens with one attached hydrogen (secondary N) is 1. The fraction of sp³-hybridized carbons (Fsp3) is 0.556. The second-order valence-corrected chi connectivity index (χ2v) is 4.42. The number of nitrogens with zero attached hydrogens (tertiary/aromatic N) is 1. The molecule has 2 N–H and O–H groups in total. The molecule has 1 aliphatic rings. The summed E-state index contributed by atoms with van der Waals surface area (Å²) < 4.78 is 0. The monoisotopic (exact) mass is 212 g/mol. The summed E-state index contributed by atoms with van der Waals surface area (Å²) in [4.78, 5) is 16.3. The quantitative estimate of drug-likeness (QED) is 0.758. The number of carbonyl (C=O) groups is 1. The van der Waals surface area contributed by atoms with E-state index in [2.05, 4.69) is 10.3 Å². The highest BCUT2D eigenvalue weighted by molar-refractivity contribution is 7.11. The molecule has 14 heavy (non-hydrogen) atoms. The third-order valence-electron chi connectivity index (χ3n) is 2.40. The van der Waals surface area contributed by atoms with Crippen LogP contribution in [0.3, 0.4) is 0 Å². The van der Waals surface area contributed by atoms with Gasteiger partial charge in [-0.1, -0.05) is 0 Å². The Morgan fingerprint density at radius 2 is 2.43 bits per heavy atom. The van der Waals surface area contributed by atoms with Gasteiger partial charge in [0.25, 0.3) is 5.91 Å². The fourth-order valence-corrected chi connectivity index (χ4v) is 2.18. The number of aryl methyl sites for hydroxylation is 1. The Bertz CT molecular complexity index is 344. The van der Waals surface area contributed by atoms with Gasteiger partial charge in [-0.05, 0) is 19.8 Å². The summed E-state index contributed by atoms with van der Waals surface area (Å²) in [5, 5.41) is 11.9. The minimum absolute atomic E-state index is 0.0677. The molecule has 0 aromatic carbocycles. The maximum atomic E-state index is 11.6. The summed E-state index contributed by atoms with van der Waals surface area (Å²) in [6.45, 7) is 1.82. The molecular weight excluding hydrogens is 200 g/mol. The molecule has 1 aromatic heterocycles. The minimum atomic E-state index is -0.233. The van der Waals surface area contributed by atoms with E-state index >= 15 is 0 Å². The maximum absolute atomic E-state index is 11.6. The lowest BCUT2D eigenvalue weighted by Crippen LogP contribution is -2.46.